The number of hydrogen-bond acceptors (Lipinski definition) is 4. The van der Waals surface area contributed by atoms with Crippen molar-refractivity contribution in [1.29, 1.82) is 0 Å². The number of aliphatic hydroxyl groups is 1. The number of carbonyl (C=O) groups is 1. The molecule has 3 rings (SSSR count). The second-order valence-electron chi connectivity index (χ2n) is 6.30. The summed E-state index contributed by atoms with van der Waals surface area (Å²) in [6.45, 7) is 5.99. The quantitative estimate of drug-likeness (QED) is 0.768. The van der Waals surface area contributed by atoms with E-state index in [1.165, 1.54) is 0 Å². The molecule has 0 unspecified atom stereocenters. The molecular formula is C20H21N3O2. The third kappa shape index (κ3) is 3.67. The van der Waals surface area contributed by atoms with Gasteiger partial charge in [0.15, 0.2) is 0 Å². The van der Waals surface area contributed by atoms with E-state index in [9.17, 15) is 9.90 Å². The van der Waals surface area contributed by atoms with Crippen molar-refractivity contribution >= 4 is 16.8 Å². The van der Waals surface area contributed by atoms with Gasteiger partial charge in [-0.3, -0.25) is 14.8 Å². The zero-order valence-electron chi connectivity index (χ0n) is 14.6. The normalized spacial score (nSPS) is 12.2. The second-order valence-corrected chi connectivity index (χ2v) is 6.30. The molecule has 0 saturated carbocycles. The molecule has 5 nitrogen and oxygen atoms in total. The molecule has 1 atom stereocenters. The van der Waals surface area contributed by atoms with Gasteiger partial charge >= 0.3 is 0 Å². The molecule has 0 aliphatic carbocycles. The van der Waals surface area contributed by atoms with Crippen molar-refractivity contribution in [2.75, 3.05) is 6.54 Å². The maximum atomic E-state index is 12.7. The highest BCUT2D eigenvalue weighted by Crippen LogP contribution is 2.23. The lowest BCUT2D eigenvalue weighted by molar-refractivity contribution is 0.0917. The van der Waals surface area contributed by atoms with Gasteiger partial charge in [-0.2, -0.15) is 0 Å². The first kappa shape index (κ1) is 17.0. The van der Waals surface area contributed by atoms with Crippen molar-refractivity contribution in [1.82, 2.24) is 15.3 Å². The number of pyridine rings is 2. The third-order valence-corrected chi connectivity index (χ3v) is 4.15. The smallest absolute Gasteiger partial charge is 0.252 e. The van der Waals surface area contributed by atoms with E-state index in [2.05, 4.69) is 21.4 Å². The molecule has 0 radical (unpaired) electrons. The lowest BCUT2D eigenvalue weighted by Crippen LogP contribution is -2.28. The Kier molecular flexibility index (Phi) is 4.76. The number of rotatable bonds is 4. The fourth-order valence-corrected chi connectivity index (χ4v) is 2.97. The zero-order valence-corrected chi connectivity index (χ0v) is 14.6. The number of nitrogens with one attached hydrogen (secondary N) is 1. The van der Waals surface area contributed by atoms with Gasteiger partial charge in [0.1, 0.15) is 0 Å². The summed E-state index contributed by atoms with van der Waals surface area (Å²) < 4.78 is 0. The Labute approximate surface area is 146 Å². The van der Waals surface area contributed by atoms with Crippen LogP contribution in [0.15, 0.2) is 42.7 Å². The predicted octanol–water partition coefficient (Wildman–Crippen LogP) is 3.02. The number of amides is 1. The largest absolute Gasteiger partial charge is 0.387 e. The summed E-state index contributed by atoms with van der Waals surface area (Å²) in [5, 5.41) is 13.8. The summed E-state index contributed by atoms with van der Waals surface area (Å²) in [5.74, 6) is -0.219. The van der Waals surface area contributed by atoms with Crippen LogP contribution < -0.4 is 5.32 Å². The highest BCUT2D eigenvalue weighted by Gasteiger charge is 2.15. The topological polar surface area (TPSA) is 75.1 Å². The van der Waals surface area contributed by atoms with Crippen LogP contribution in [-0.4, -0.2) is 27.5 Å². The molecule has 0 fully saturated rings. The number of fused-ring (bicyclic) bond motifs is 1. The third-order valence-electron chi connectivity index (χ3n) is 4.15. The summed E-state index contributed by atoms with van der Waals surface area (Å²) in [5.41, 5.74) is 5.00. The Morgan fingerprint density at radius 3 is 2.76 bits per heavy atom. The number of benzene rings is 1. The van der Waals surface area contributed by atoms with Gasteiger partial charge < -0.3 is 10.4 Å². The van der Waals surface area contributed by atoms with Crippen LogP contribution in [0.5, 0.6) is 0 Å². The Bertz CT molecular complexity index is 923. The van der Waals surface area contributed by atoms with Crippen LogP contribution in [0.2, 0.25) is 0 Å². The highest BCUT2D eigenvalue weighted by molar-refractivity contribution is 6.07. The van der Waals surface area contributed by atoms with Crippen LogP contribution in [0.3, 0.4) is 0 Å². The maximum absolute atomic E-state index is 12.7. The number of aliphatic hydroxyl groups excluding tert-OH is 1. The molecule has 1 aromatic carbocycles. The summed E-state index contributed by atoms with van der Waals surface area (Å²) in [4.78, 5) is 21.3. The monoisotopic (exact) mass is 335 g/mol. The van der Waals surface area contributed by atoms with E-state index in [0.717, 1.165) is 27.7 Å². The predicted molar refractivity (Wildman–Crippen MR) is 97.5 cm³/mol. The van der Waals surface area contributed by atoms with Crippen LogP contribution in [-0.2, 0) is 0 Å². The summed E-state index contributed by atoms with van der Waals surface area (Å²) >= 11 is 0. The van der Waals surface area contributed by atoms with Crippen molar-refractivity contribution < 1.29 is 9.90 Å². The zero-order chi connectivity index (χ0) is 18.0. The van der Waals surface area contributed by atoms with Crippen LogP contribution >= 0.6 is 0 Å². The first-order valence-corrected chi connectivity index (χ1v) is 8.20. The molecule has 0 spiro atoms. The molecular weight excluding hydrogens is 314 g/mol. The van der Waals surface area contributed by atoms with Crippen LogP contribution in [0.4, 0.5) is 0 Å². The van der Waals surface area contributed by atoms with Gasteiger partial charge in [-0.25, -0.2) is 0 Å². The highest BCUT2D eigenvalue weighted by atomic mass is 16.3. The first-order valence-electron chi connectivity index (χ1n) is 8.20. The average molecular weight is 335 g/mol. The Morgan fingerprint density at radius 1 is 1.24 bits per heavy atom. The lowest BCUT2D eigenvalue weighted by Gasteiger charge is -2.14. The fourth-order valence-electron chi connectivity index (χ4n) is 2.97. The Hall–Kier alpha value is -2.79. The van der Waals surface area contributed by atoms with Crippen molar-refractivity contribution in [2.24, 2.45) is 0 Å². The first-order chi connectivity index (χ1) is 12.0. The van der Waals surface area contributed by atoms with E-state index in [0.29, 0.717) is 11.1 Å². The van der Waals surface area contributed by atoms with Crippen molar-refractivity contribution in [3.8, 4) is 0 Å². The molecule has 0 aliphatic heterocycles. The lowest BCUT2D eigenvalue weighted by atomic mass is 10.0. The molecule has 128 valence electrons. The van der Waals surface area contributed by atoms with E-state index < -0.39 is 6.10 Å². The standard InChI is InChI=1S/C20H21N3O2/c1-12-7-13(2)19-16(8-12)17(9-14(3)23-19)20(25)22-11-18(24)15-5-4-6-21-10-15/h4-10,18,24H,11H2,1-3H3,(H,22,25)/t18-/m1/s1. The van der Waals surface area contributed by atoms with Gasteiger partial charge in [0.2, 0.25) is 0 Å². The molecule has 5 heteroatoms. The molecule has 2 heterocycles. The molecule has 0 bridgehead atoms. The van der Waals surface area contributed by atoms with Gasteiger partial charge in [0.25, 0.3) is 5.91 Å². The van der Waals surface area contributed by atoms with E-state index in [4.69, 9.17) is 0 Å². The summed E-state index contributed by atoms with van der Waals surface area (Å²) in [6, 6.07) is 9.35. The van der Waals surface area contributed by atoms with Crippen LogP contribution in [0, 0.1) is 20.8 Å². The number of aromatic nitrogens is 2. The van der Waals surface area contributed by atoms with E-state index in [1.807, 2.05) is 26.8 Å². The molecule has 1 amide bonds. The number of hydrogen-bond donors (Lipinski definition) is 2. The van der Waals surface area contributed by atoms with E-state index in [-0.39, 0.29) is 12.5 Å². The van der Waals surface area contributed by atoms with Gasteiger partial charge in [-0.05, 0) is 44.5 Å². The summed E-state index contributed by atoms with van der Waals surface area (Å²) in [6.07, 6.45) is 2.44. The van der Waals surface area contributed by atoms with Gasteiger partial charge in [-0.1, -0.05) is 17.7 Å². The number of carbonyl (C=O) groups excluding carboxylic acids is 1. The van der Waals surface area contributed by atoms with Gasteiger partial charge in [-0.15, -0.1) is 0 Å². The molecule has 2 aromatic heterocycles. The van der Waals surface area contributed by atoms with Gasteiger partial charge in [0, 0.05) is 35.6 Å². The average Bonchev–Trinajstić information content (AvgIpc) is 2.60. The second kappa shape index (κ2) is 6.99. The van der Waals surface area contributed by atoms with Crippen LogP contribution in [0.1, 0.15) is 38.8 Å². The number of aryl methyl sites for hydroxylation is 3. The van der Waals surface area contributed by atoms with E-state index >= 15 is 0 Å². The SMILES string of the molecule is Cc1cc(C)c2nc(C)cc(C(=O)NC[C@@H](O)c3cccnc3)c2c1. The minimum atomic E-state index is -0.796. The van der Waals surface area contributed by atoms with Crippen LogP contribution in [0.25, 0.3) is 10.9 Å². The van der Waals surface area contributed by atoms with Gasteiger partial charge in [0.05, 0.1) is 17.2 Å². The summed E-state index contributed by atoms with van der Waals surface area (Å²) in [7, 11) is 0. The van der Waals surface area contributed by atoms with Crippen molar-refractivity contribution in [3.05, 3.63) is 70.7 Å². The molecule has 2 N–H and O–H groups in total. The fraction of sp³-hybridized carbons (Fsp3) is 0.250. The minimum absolute atomic E-state index is 0.123. The minimum Gasteiger partial charge on any atom is -0.387 e. The van der Waals surface area contributed by atoms with E-state index in [1.54, 1.807) is 30.6 Å². The molecule has 0 saturated heterocycles. The van der Waals surface area contributed by atoms with Crippen molar-refractivity contribution in [2.45, 2.75) is 26.9 Å². The Morgan fingerprint density at radius 2 is 2.04 bits per heavy atom. The number of nitrogens with zero attached hydrogens (tertiary/aromatic N) is 2. The maximum Gasteiger partial charge on any atom is 0.252 e. The molecule has 3 aromatic rings. The molecule has 0 aliphatic rings. The Balaban J connectivity index is 1.87. The van der Waals surface area contributed by atoms with Crippen molar-refractivity contribution in [3.63, 3.8) is 0 Å². The molecule has 25 heavy (non-hydrogen) atoms.